The van der Waals surface area contributed by atoms with Crippen molar-refractivity contribution in [3.8, 4) is 0 Å². The van der Waals surface area contributed by atoms with Crippen molar-refractivity contribution in [1.82, 2.24) is 0 Å². The lowest BCUT2D eigenvalue weighted by molar-refractivity contribution is -0.162. The Hall–Kier alpha value is -0.900. The van der Waals surface area contributed by atoms with Crippen molar-refractivity contribution >= 4 is 11.8 Å². The first-order valence-electron chi connectivity index (χ1n) is 5.83. The minimum atomic E-state index is -1.35. The van der Waals surface area contributed by atoms with Crippen LogP contribution in [0.25, 0.3) is 0 Å². The molecule has 0 saturated heterocycles. The predicted molar refractivity (Wildman–Crippen MR) is 59.1 cm³/mol. The monoisotopic (exact) mass is 228 g/mol. The Morgan fingerprint density at radius 1 is 1.50 bits per heavy atom. The number of carbonyl (C=O) groups excluding carboxylic acids is 1. The van der Waals surface area contributed by atoms with Gasteiger partial charge in [0.2, 0.25) is 0 Å². The third kappa shape index (κ3) is 2.43. The third-order valence-electron chi connectivity index (χ3n) is 3.64. The first-order chi connectivity index (χ1) is 7.34. The summed E-state index contributed by atoms with van der Waals surface area (Å²) in [6.07, 6.45) is 2.68. The highest BCUT2D eigenvalue weighted by Gasteiger charge is 2.50. The van der Waals surface area contributed by atoms with Gasteiger partial charge in [-0.1, -0.05) is 13.3 Å². The van der Waals surface area contributed by atoms with Gasteiger partial charge in [-0.15, -0.1) is 0 Å². The zero-order valence-electron chi connectivity index (χ0n) is 9.95. The minimum Gasteiger partial charge on any atom is -0.480 e. The molecule has 0 aromatic rings. The fourth-order valence-electron chi connectivity index (χ4n) is 2.35. The molecule has 4 nitrogen and oxygen atoms in total. The molecule has 0 aromatic heterocycles. The molecule has 2 atom stereocenters. The maximum absolute atomic E-state index is 11.9. The van der Waals surface area contributed by atoms with Crippen LogP contribution in [0, 0.1) is 5.41 Å². The van der Waals surface area contributed by atoms with E-state index in [-0.39, 0.29) is 12.2 Å². The second-order valence-electron chi connectivity index (χ2n) is 5.04. The Bertz CT molecular complexity index is 295. The van der Waals surface area contributed by atoms with E-state index in [0.29, 0.717) is 19.3 Å². The van der Waals surface area contributed by atoms with E-state index in [1.165, 1.54) is 0 Å². The molecule has 1 aliphatic rings. The highest BCUT2D eigenvalue weighted by molar-refractivity contribution is 6.03. The van der Waals surface area contributed by atoms with Crippen LogP contribution in [0.1, 0.15) is 52.4 Å². The van der Waals surface area contributed by atoms with E-state index in [1.807, 2.05) is 0 Å². The van der Waals surface area contributed by atoms with Gasteiger partial charge < -0.3 is 10.2 Å². The standard InChI is InChI=1S/C12H20O4/c1-3-11(2,16)8-12(10(14)15)7-5-4-6-9(12)13/h16H,3-8H2,1-2H3,(H,14,15). The Labute approximate surface area is 95.7 Å². The van der Waals surface area contributed by atoms with Crippen molar-refractivity contribution in [3.05, 3.63) is 0 Å². The lowest BCUT2D eigenvalue weighted by atomic mass is 9.67. The number of aliphatic carboxylic acids is 1. The fraction of sp³-hybridized carbons (Fsp3) is 0.833. The number of carboxylic acids is 1. The van der Waals surface area contributed by atoms with Crippen LogP contribution < -0.4 is 0 Å². The molecular weight excluding hydrogens is 208 g/mol. The second kappa shape index (κ2) is 4.53. The van der Waals surface area contributed by atoms with Gasteiger partial charge in [-0.05, 0) is 32.6 Å². The molecule has 0 aliphatic heterocycles. The summed E-state index contributed by atoms with van der Waals surface area (Å²) >= 11 is 0. The first kappa shape index (κ1) is 13.2. The zero-order chi connectivity index (χ0) is 12.4. The van der Waals surface area contributed by atoms with Gasteiger partial charge in [-0.2, -0.15) is 0 Å². The second-order valence-corrected chi connectivity index (χ2v) is 5.04. The van der Waals surface area contributed by atoms with Crippen molar-refractivity contribution in [2.75, 3.05) is 0 Å². The summed E-state index contributed by atoms with van der Waals surface area (Å²) in [7, 11) is 0. The zero-order valence-corrected chi connectivity index (χ0v) is 9.95. The van der Waals surface area contributed by atoms with E-state index < -0.39 is 17.0 Å². The number of ketones is 1. The number of carbonyl (C=O) groups is 2. The molecule has 0 amide bonds. The molecule has 1 aliphatic carbocycles. The molecule has 0 heterocycles. The van der Waals surface area contributed by atoms with Gasteiger partial charge in [0, 0.05) is 6.42 Å². The molecule has 2 unspecified atom stereocenters. The number of hydrogen-bond acceptors (Lipinski definition) is 3. The van der Waals surface area contributed by atoms with Crippen molar-refractivity contribution in [2.24, 2.45) is 5.41 Å². The van der Waals surface area contributed by atoms with Crippen LogP contribution >= 0.6 is 0 Å². The highest BCUT2D eigenvalue weighted by Crippen LogP contribution is 2.41. The summed E-state index contributed by atoms with van der Waals surface area (Å²) in [5.74, 6) is -1.30. The maximum Gasteiger partial charge on any atom is 0.317 e. The minimum absolute atomic E-state index is 0.0324. The van der Waals surface area contributed by atoms with Gasteiger partial charge in [0.15, 0.2) is 0 Å². The van der Waals surface area contributed by atoms with E-state index in [1.54, 1.807) is 13.8 Å². The van der Waals surface area contributed by atoms with Crippen LogP contribution in [0.5, 0.6) is 0 Å². The lowest BCUT2D eigenvalue weighted by Gasteiger charge is -2.37. The first-order valence-corrected chi connectivity index (χ1v) is 5.83. The SMILES string of the molecule is CCC(C)(O)CC1(C(=O)O)CCCCC1=O. The van der Waals surface area contributed by atoms with E-state index in [0.717, 1.165) is 12.8 Å². The van der Waals surface area contributed by atoms with Crippen LogP contribution in [0.15, 0.2) is 0 Å². The van der Waals surface area contributed by atoms with Gasteiger partial charge in [-0.3, -0.25) is 9.59 Å². The van der Waals surface area contributed by atoms with E-state index >= 15 is 0 Å². The molecule has 16 heavy (non-hydrogen) atoms. The van der Waals surface area contributed by atoms with Gasteiger partial charge >= 0.3 is 5.97 Å². The number of aliphatic hydroxyl groups is 1. The average molecular weight is 228 g/mol. The Balaban J connectivity index is 2.97. The molecule has 2 N–H and O–H groups in total. The van der Waals surface area contributed by atoms with E-state index in [2.05, 4.69) is 0 Å². The van der Waals surface area contributed by atoms with Crippen LogP contribution in [0.3, 0.4) is 0 Å². The molecule has 0 bridgehead atoms. The van der Waals surface area contributed by atoms with Crippen molar-refractivity contribution in [1.29, 1.82) is 0 Å². The molecule has 1 rings (SSSR count). The van der Waals surface area contributed by atoms with Gasteiger partial charge in [0.1, 0.15) is 11.2 Å². The summed E-state index contributed by atoms with van der Waals surface area (Å²) in [5.41, 5.74) is -2.43. The topological polar surface area (TPSA) is 74.6 Å². The summed E-state index contributed by atoms with van der Waals surface area (Å²) < 4.78 is 0. The van der Waals surface area contributed by atoms with E-state index in [4.69, 9.17) is 0 Å². The number of rotatable bonds is 4. The Kier molecular flexibility index (Phi) is 3.73. The van der Waals surface area contributed by atoms with Crippen LogP contribution in [0.2, 0.25) is 0 Å². The van der Waals surface area contributed by atoms with Gasteiger partial charge in [0.05, 0.1) is 5.60 Å². The van der Waals surface area contributed by atoms with Crippen molar-refractivity contribution in [2.45, 2.75) is 58.0 Å². The van der Waals surface area contributed by atoms with Gasteiger partial charge in [-0.25, -0.2) is 0 Å². The third-order valence-corrected chi connectivity index (χ3v) is 3.64. The highest BCUT2D eigenvalue weighted by atomic mass is 16.4. The molecule has 0 aromatic carbocycles. The summed E-state index contributed by atoms with van der Waals surface area (Å²) in [6.45, 7) is 3.39. The van der Waals surface area contributed by atoms with Crippen molar-refractivity contribution < 1.29 is 19.8 Å². The molecule has 1 saturated carbocycles. The fourth-order valence-corrected chi connectivity index (χ4v) is 2.35. The molecule has 92 valence electrons. The maximum atomic E-state index is 11.9. The summed E-state index contributed by atoms with van der Waals surface area (Å²) in [4.78, 5) is 23.2. The smallest absolute Gasteiger partial charge is 0.317 e. The van der Waals surface area contributed by atoms with Gasteiger partial charge in [0.25, 0.3) is 0 Å². The molecular formula is C12H20O4. The van der Waals surface area contributed by atoms with E-state index in [9.17, 15) is 19.8 Å². The molecule has 4 heteroatoms. The normalized spacial score (nSPS) is 29.8. The molecule has 0 radical (unpaired) electrons. The van der Waals surface area contributed by atoms with Crippen LogP contribution in [-0.4, -0.2) is 27.6 Å². The molecule has 1 fully saturated rings. The molecule has 0 spiro atoms. The number of hydrogen-bond donors (Lipinski definition) is 2. The predicted octanol–water partition coefficient (Wildman–Crippen LogP) is 1.75. The average Bonchev–Trinajstić information content (AvgIpc) is 2.21. The Morgan fingerprint density at radius 2 is 2.12 bits per heavy atom. The number of carboxylic acid groups (broad SMARTS) is 1. The summed E-state index contributed by atoms with van der Waals surface area (Å²) in [6, 6.07) is 0. The largest absolute Gasteiger partial charge is 0.480 e. The number of Topliss-reactive ketones (excluding diaryl/α,β-unsaturated/α-hetero) is 1. The lowest BCUT2D eigenvalue weighted by Crippen LogP contribution is -2.47. The van der Waals surface area contributed by atoms with Crippen molar-refractivity contribution in [3.63, 3.8) is 0 Å². The quantitative estimate of drug-likeness (QED) is 0.719. The van der Waals surface area contributed by atoms with Crippen LogP contribution in [0.4, 0.5) is 0 Å². The van der Waals surface area contributed by atoms with Crippen LogP contribution in [-0.2, 0) is 9.59 Å². The summed E-state index contributed by atoms with van der Waals surface area (Å²) in [5, 5.41) is 19.3. The Morgan fingerprint density at radius 3 is 2.56 bits per heavy atom.